The fourth-order valence-electron chi connectivity index (χ4n) is 1.87. The Morgan fingerprint density at radius 3 is 2.93 bits per heavy atom. The molecule has 0 aliphatic carbocycles. The van der Waals surface area contributed by atoms with Crippen LogP contribution in [0.4, 0.5) is 0 Å². The molecule has 1 rings (SSSR count). The maximum absolute atomic E-state index is 8.61. The fraction of sp³-hybridized carbons (Fsp3) is 1.00. The largest absolute Gasteiger partial charge is 0.396 e. The van der Waals surface area contributed by atoms with Gasteiger partial charge in [0.15, 0.2) is 0 Å². The Labute approximate surface area is 86.8 Å². The summed E-state index contributed by atoms with van der Waals surface area (Å²) < 4.78 is 5.59. The van der Waals surface area contributed by atoms with Crippen molar-refractivity contribution in [3.63, 3.8) is 0 Å². The third-order valence-electron chi connectivity index (χ3n) is 2.82. The molecule has 0 bridgehead atoms. The van der Waals surface area contributed by atoms with Crippen LogP contribution in [0.1, 0.15) is 39.0 Å². The Hall–Kier alpha value is -0.120. The van der Waals surface area contributed by atoms with E-state index >= 15 is 0 Å². The number of aliphatic hydroxyl groups excluding tert-OH is 1. The molecule has 1 aliphatic rings. The van der Waals surface area contributed by atoms with E-state index in [1.807, 2.05) is 0 Å². The van der Waals surface area contributed by atoms with Gasteiger partial charge < -0.3 is 15.2 Å². The van der Waals surface area contributed by atoms with E-state index in [0.717, 1.165) is 32.4 Å². The van der Waals surface area contributed by atoms with E-state index in [2.05, 4.69) is 12.2 Å². The van der Waals surface area contributed by atoms with Crippen LogP contribution < -0.4 is 5.32 Å². The minimum Gasteiger partial charge on any atom is -0.396 e. The highest BCUT2D eigenvalue weighted by molar-refractivity contribution is 4.76. The number of ether oxygens (including phenoxy) is 1. The summed E-state index contributed by atoms with van der Waals surface area (Å²) in [5.41, 5.74) is 0. The van der Waals surface area contributed by atoms with Crippen LogP contribution in [0.5, 0.6) is 0 Å². The normalized spacial score (nSPS) is 24.0. The van der Waals surface area contributed by atoms with E-state index in [1.54, 1.807) is 0 Å². The van der Waals surface area contributed by atoms with E-state index < -0.39 is 0 Å². The van der Waals surface area contributed by atoms with Crippen molar-refractivity contribution in [2.45, 2.75) is 51.2 Å². The topological polar surface area (TPSA) is 41.5 Å². The summed E-state index contributed by atoms with van der Waals surface area (Å²) in [6.07, 6.45) is 6.02. The van der Waals surface area contributed by atoms with Crippen molar-refractivity contribution >= 4 is 0 Å². The SMILES string of the molecule is CC(NCCCCCO)C1CCCO1. The summed E-state index contributed by atoms with van der Waals surface area (Å²) in [5.74, 6) is 0. The van der Waals surface area contributed by atoms with E-state index in [4.69, 9.17) is 9.84 Å². The van der Waals surface area contributed by atoms with Gasteiger partial charge in [-0.15, -0.1) is 0 Å². The molecule has 1 heterocycles. The lowest BCUT2D eigenvalue weighted by atomic mass is 10.1. The van der Waals surface area contributed by atoms with Gasteiger partial charge in [-0.2, -0.15) is 0 Å². The summed E-state index contributed by atoms with van der Waals surface area (Å²) in [5, 5.41) is 12.1. The van der Waals surface area contributed by atoms with Crippen LogP contribution in [0.3, 0.4) is 0 Å². The highest BCUT2D eigenvalue weighted by Crippen LogP contribution is 2.15. The van der Waals surface area contributed by atoms with Gasteiger partial charge in [-0.05, 0) is 45.6 Å². The first-order chi connectivity index (χ1) is 6.84. The van der Waals surface area contributed by atoms with Gasteiger partial charge in [0.1, 0.15) is 0 Å². The maximum atomic E-state index is 8.61. The zero-order valence-electron chi connectivity index (χ0n) is 9.17. The monoisotopic (exact) mass is 201 g/mol. The van der Waals surface area contributed by atoms with Crippen molar-refractivity contribution in [1.82, 2.24) is 5.32 Å². The number of rotatable bonds is 7. The molecular formula is C11H23NO2. The summed E-state index contributed by atoms with van der Waals surface area (Å²) in [4.78, 5) is 0. The van der Waals surface area contributed by atoms with Gasteiger partial charge in [-0.1, -0.05) is 0 Å². The van der Waals surface area contributed by atoms with Crippen molar-refractivity contribution in [2.75, 3.05) is 19.8 Å². The number of nitrogens with one attached hydrogen (secondary N) is 1. The Morgan fingerprint density at radius 2 is 2.29 bits per heavy atom. The second kappa shape index (κ2) is 7.21. The zero-order chi connectivity index (χ0) is 10.2. The summed E-state index contributed by atoms with van der Waals surface area (Å²) in [6.45, 7) is 4.49. The molecule has 0 saturated carbocycles. The lowest BCUT2D eigenvalue weighted by molar-refractivity contribution is 0.0836. The van der Waals surface area contributed by atoms with E-state index in [1.165, 1.54) is 12.8 Å². The van der Waals surface area contributed by atoms with E-state index in [-0.39, 0.29) is 0 Å². The predicted molar refractivity (Wildman–Crippen MR) is 57.4 cm³/mol. The van der Waals surface area contributed by atoms with Crippen LogP contribution in [0.25, 0.3) is 0 Å². The molecule has 14 heavy (non-hydrogen) atoms. The smallest absolute Gasteiger partial charge is 0.0726 e. The van der Waals surface area contributed by atoms with Crippen LogP contribution in [-0.4, -0.2) is 37.0 Å². The van der Waals surface area contributed by atoms with Crippen LogP contribution in [0.15, 0.2) is 0 Å². The Morgan fingerprint density at radius 1 is 1.43 bits per heavy atom. The van der Waals surface area contributed by atoms with Crippen molar-refractivity contribution < 1.29 is 9.84 Å². The van der Waals surface area contributed by atoms with Gasteiger partial charge in [-0.3, -0.25) is 0 Å². The maximum Gasteiger partial charge on any atom is 0.0726 e. The van der Waals surface area contributed by atoms with Crippen molar-refractivity contribution in [1.29, 1.82) is 0 Å². The van der Waals surface area contributed by atoms with Crippen LogP contribution in [0, 0.1) is 0 Å². The molecule has 1 fully saturated rings. The molecule has 2 N–H and O–H groups in total. The number of unbranched alkanes of at least 4 members (excludes halogenated alkanes) is 2. The fourth-order valence-corrected chi connectivity index (χ4v) is 1.87. The van der Waals surface area contributed by atoms with E-state index in [0.29, 0.717) is 18.8 Å². The molecule has 1 aliphatic heterocycles. The second-order valence-corrected chi connectivity index (χ2v) is 4.08. The first kappa shape index (κ1) is 12.0. The molecule has 3 nitrogen and oxygen atoms in total. The first-order valence-electron chi connectivity index (χ1n) is 5.80. The summed E-state index contributed by atoms with van der Waals surface area (Å²) >= 11 is 0. The van der Waals surface area contributed by atoms with Gasteiger partial charge in [-0.25, -0.2) is 0 Å². The third-order valence-corrected chi connectivity index (χ3v) is 2.82. The number of aliphatic hydroxyl groups is 1. The molecule has 0 aromatic heterocycles. The lowest BCUT2D eigenvalue weighted by Gasteiger charge is -2.19. The Kier molecular flexibility index (Phi) is 6.15. The first-order valence-corrected chi connectivity index (χ1v) is 5.80. The molecule has 2 unspecified atom stereocenters. The Balaban J connectivity index is 1.94. The van der Waals surface area contributed by atoms with Gasteiger partial charge in [0.05, 0.1) is 6.10 Å². The molecule has 0 spiro atoms. The molecule has 0 radical (unpaired) electrons. The molecule has 0 amide bonds. The van der Waals surface area contributed by atoms with Gasteiger partial charge in [0.25, 0.3) is 0 Å². The highest BCUT2D eigenvalue weighted by atomic mass is 16.5. The van der Waals surface area contributed by atoms with E-state index in [9.17, 15) is 0 Å². The van der Waals surface area contributed by atoms with Crippen molar-refractivity contribution in [3.8, 4) is 0 Å². The molecule has 2 atom stereocenters. The standard InChI is InChI=1S/C11H23NO2/c1-10(11-6-5-9-14-11)12-7-3-2-4-8-13/h10-13H,2-9H2,1H3. The molecule has 84 valence electrons. The average molecular weight is 201 g/mol. The van der Waals surface area contributed by atoms with Gasteiger partial charge >= 0.3 is 0 Å². The molecule has 3 heteroatoms. The van der Waals surface area contributed by atoms with Crippen molar-refractivity contribution in [3.05, 3.63) is 0 Å². The quantitative estimate of drug-likeness (QED) is 0.610. The van der Waals surface area contributed by atoms with Gasteiger partial charge in [0, 0.05) is 19.3 Å². The minimum atomic E-state index is 0.321. The van der Waals surface area contributed by atoms with Crippen molar-refractivity contribution in [2.24, 2.45) is 0 Å². The minimum absolute atomic E-state index is 0.321. The average Bonchev–Trinajstić information content (AvgIpc) is 2.70. The molecule has 0 aromatic rings. The third kappa shape index (κ3) is 4.40. The van der Waals surface area contributed by atoms with Crippen LogP contribution >= 0.6 is 0 Å². The zero-order valence-corrected chi connectivity index (χ0v) is 9.17. The Bertz CT molecular complexity index is 135. The number of hydrogen-bond donors (Lipinski definition) is 2. The predicted octanol–water partition coefficient (Wildman–Crippen LogP) is 1.31. The van der Waals surface area contributed by atoms with Crippen LogP contribution in [-0.2, 0) is 4.74 Å². The lowest BCUT2D eigenvalue weighted by Crippen LogP contribution is -2.37. The highest BCUT2D eigenvalue weighted by Gasteiger charge is 2.21. The number of hydrogen-bond acceptors (Lipinski definition) is 3. The van der Waals surface area contributed by atoms with Gasteiger partial charge in [0.2, 0.25) is 0 Å². The molecular weight excluding hydrogens is 178 g/mol. The summed E-state index contributed by atoms with van der Waals surface area (Å²) in [7, 11) is 0. The second-order valence-electron chi connectivity index (χ2n) is 4.08. The molecule has 0 aromatic carbocycles. The van der Waals surface area contributed by atoms with Crippen LogP contribution in [0.2, 0.25) is 0 Å². The molecule has 1 saturated heterocycles. The summed E-state index contributed by atoms with van der Waals surface area (Å²) in [6, 6.07) is 0.478.